The zero-order valence-electron chi connectivity index (χ0n) is 15.5. The van der Waals surface area contributed by atoms with Crippen LogP contribution in [0.3, 0.4) is 0 Å². The topological polar surface area (TPSA) is 43.4 Å². The summed E-state index contributed by atoms with van der Waals surface area (Å²) in [6.07, 6.45) is 0.493. The van der Waals surface area contributed by atoms with Crippen molar-refractivity contribution in [1.29, 1.82) is 0 Å². The summed E-state index contributed by atoms with van der Waals surface area (Å²) < 4.78 is 5.76. The molecule has 3 aromatic carbocycles. The number of carbonyl (C=O) groups is 2. The third kappa shape index (κ3) is 2.99. The van der Waals surface area contributed by atoms with Crippen LogP contribution in [-0.2, 0) is 16.0 Å². The van der Waals surface area contributed by atoms with Crippen molar-refractivity contribution in [3.63, 3.8) is 0 Å². The largest absolute Gasteiger partial charge is 0.425 e. The fourth-order valence-electron chi connectivity index (χ4n) is 4.32. The molecule has 0 fully saturated rings. The number of allylic oxidation sites excluding steroid dienone is 1. The highest BCUT2D eigenvalue weighted by Gasteiger charge is 2.47. The summed E-state index contributed by atoms with van der Waals surface area (Å²) in [4.78, 5) is 26.4. The molecule has 3 nitrogen and oxygen atoms in total. The van der Waals surface area contributed by atoms with E-state index in [1.54, 1.807) is 18.2 Å². The molecule has 0 aromatic heterocycles. The van der Waals surface area contributed by atoms with Crippen molar-refractivity contribution in [2.24, 2.45) is 5.92 Å². The maximum Gasteiger partial charge on any atom is 0.315 e. The Bertz CT molecular complexity index is 1150. The van der Waals surface area contributed by atoms with Crippen molar-refractivity contribution in [3.8, 4) is 0 Å². The van der Waals surface area contributed by atoms with Crippen LogP contribution < -0.4 is 0 Å². The van der Waals surface area contributed by atoms with E-state index in [9.17, 15) is 9.59 Å². The molecule has 1 aliphatic heterocycles. The lowest BCUT2D eigenvalue weighted by molar-refractivity contribution is -0.142. The van der Waals surface area contributed by atoms with Crippen LogP contribution in [0.5, 0.6) is 0 Å². The molecular formula is C25H17ClO3. The minimum atomic E-state index is -0.490. The van der Waals surface area contributed by atoms with E-state index < -0.39 is 5.92 Å². The maximum absolute atomic E-state index is 13.3. The second-order valence-electron chi connectivity index (χ2n) is 7.36. The summed E-state index contributed by atoms with van der Waals surface area (Å²) in [6, 6.07) is 24.5. The first-order chi connectivity index (χ1) is 14.1. The molecule has 0 spiro atoms. The molecule has 5 rings (SSSR count). The zero-order valence-corrected chi connectivity index (χ0v) is 16.2. The van der Waals surface area contributed by atoms with Crippen LogP contribution in [0.15, 0.2) is 84.4 Å². The molecule has 0 amide bonds. The van der Waals surface area contributed by atoms with Crippen molar-refractivity contribution >= 4 is 29.1 Å². The maximum atomic E-state index is 13.3. The predicted molar refractivity (Wildman–Crippen MR) is 112 cm³/mol. The van der Waals surface area contributed by atoms with Gasteiger partial charge in [-0.2, -0.15) is 0 Å². The average Bonchev–Trinajstić information content (AvgIpc) is 3.02. The van der Waals surface area contributed by atoms with E-state index in [0.717, 1.165) is 11.1 Å². The number of esters is 1. The van der Waals surface area contributed by atoms with E-state index >= 15 is 0 Å². The highest BCUT2D eigenvalue weighted by Crippen LogP contribution is 2.48. The molecule has 0 saturated heterocycles. The minimum Gasteiger partial charge on any atom is -0.425 e. The average molecular weight is 401 g/mol. The van der Waals surface area contributed by atoms with Crippen molar-refractivity contribution in [2.75, 3.05) is 0 Å². The second kappa shape index (κ2) is 7.02. The molecule has 2 atom stereocenters. The summed E-state index contributed by atoms with van der Waals surface area (Å²) in [7, 11) is 0. The summed E-state index contributed by atoms with van der Waals surface area (Å²) in [6.45, 7) is 0. The SMILES string of the molecule is O=C1C2=C(OC(=O)[C@@H](Cc3ccccc3)[C@H]2c2ccc(Cl)cc2)c2ccccc21. The Morgan fingerprint density at radius 2 is 1.45 bits per heavy atom. The quantitative estimate of drug-likeness (QED) is 0.549. The molecule has 29 heavy (non-hydrogen) atoms. The molecule has 0 N–H and O–H groups in total. The summed E-state index contributed by atoms with van der Waals surface area (Å²) >= 11 is 6.09. The minimum absolute atomic E-state index is 0.0684. The number of halogens is 1. The highest BCUT2D eigenvalue weighted by atomic mass is 35.5. The van der Waals surface area contributed by atoms with Gasteiger partial charge in [0.05, 0.1) is 11.5 Å². The molecule has 4 heteroatoms. The number of fused-ring (bicyclic) bond motifs is 2. The first-order valence-corrected chi connectivity index (χ1v) is 9.90. The molecule has 0 unspecified atom stereocenters. The number of carbonyl (C=O) groups excluding carboxylic acids is 2. The Labute approximate surface area is 173 Å². The molecule has 0 saturated carbocycles. The number of hydrogen-bond donors (Lipinski definition) is 0. The van der Waals surface area contributed by atoms with Gasteiger partial charge in [-0.15, -0.1) is 0 Å². The lowest BCUT2D eigenvalue weighted by atomic mass is 9.75. The first-order valence-electron chi connectivity index (χ1n) is 9.53. The third-order valence-electron chi connectivity index (χ3n) is 5.65. The zero-order chi connectivity index (χ0) is 20.0. The monoisotopic (exact) mass is 400 g/mol. The predicted octanol–water partition coefficient (Wildman–Crippen LogP) is 5.45. The van der Waals surface area contributed by atoms with Gasteiger partial charge in [-0.25, -0.2) is 0 Å². The number of benzene rings is 3. The van der Waals surface area contributed by atoms with E-state index in [2.05, 4.69) is 0 Å². The van der Waals surface area contributed by atoms with Crippen molar-refractivity contribution in [3.05, 3.63) is 112 Å². The molecule has 2 aliphatic rings. The smallest absolute Gasteiger partial charge is 0.315 e. The Balaban J connectivity index is 1.66. The van der Waals surface area contributed by atoms with Crippen LogP contribution in [0, 0.1) is 5.92 Å². The Morgan fingerprint density at radius 3 is 2.17 bits per heavy atom. The van der Waals surface area contributed by atoms with Crippen molar-refractivity contribution < 1.29 is 14.3 Å². The van der Waals surface area contributed by atoms with Gasteiger partial charge in [-0.3, -0.25) is 9.59 Å². The van der Waals surface area contributed by atoms with Crippen LogP contribution in [0.4, 0.5) is 0 Å². The fourth-order valence-corrected chi connectivity index (χ4v) is 4.44. The van der Waals surface area contributed by atoms with Crippen LogP contribution in [0.25, 0.3) is 5.76 Å². The molecule has 0 bridgehead atoms. The lowest BCUT2D eigenvalue weighted by Gasteiger charge is -2.31. The Hall–Kier alpha value is -3.17. The van der Waals surface area contributed by atoms with Gasteiger partial charge in [0, 0.05) is 22.1 Å². The van der Waals surface area contributed by atoms with Crippen LogP contribution in [-0.4, -0.2) is 11.8 Å². The van der Waals surface area contributed by atoms with Gasteiger partial charge in [-0.1, -0.05) is 78.3 Å². The Kier molecular flexibility index (Phi) is 4.33. The Morgan fingerprint density at radius 1 is 0.793 bits per heavy atom. The molecule has 1 heterocycles. The van der Waals surface area contributed by atoms with Crippen LogP contribution in [0.1, 0.15) is 33.0 Å². The highest BCUT2D eigenvalue weighted by molar-refractivity contribution is 6.30. The summed E-state index contributed by atoms with van der Waals surface area (Å²) in [5.74, 6) is -0.850. The van der Waals surface area contributed by atoms with Gasteiger partial charge in [0.15, 0.2) is 5.78 Å². The van der Waals surface area contributed by atoms with Crippen molar-refractivity contribution in [2.45, 2.75) is 12.3 Å². The number of Topliss-reactive ketones (excluding diaryl/α,β-unsaturated/α-hetero) is 1. The normalized spacial score (nSPS) is 20.3. The van der Waals surface area contributed by atoms with Gasteiger partial charge >= 0.3 is 5.97 Å². The number of ketones is 1. The fraction of sp³-hybridized carbons (Fsp3) is 0.120. The number of rotatable bonds is 3. The second-order valence-corrected chi connectivity index (χ2v) is 7.80. The van der Waals surface area contributed by atoms with Crippen LogP contribution >= 0.6 is 11.6 Å². The van der Waals surface area contributed by atoms with Gasteiger partial charge in [0.2, 0.25) is 0 Å². The van der Waals surface area contributed by atoms with Gasteiger partial charge in [0.1, 0.15) is 5.76 Å². The van der Waals surface area contributed by atoms with E-state index in [-0.39, 0.29) is 17.7 Å². The van der Waals surface area contributed by atoms with Crippen LogP contribution in [0.2, 0.25) is 5.02 Å². The van der Waals surface area contributed by atoms with Crippen molar-refractivity contribution in [1.82, 2.24) is 0 Å². The molecular weight excluding hydrogens is 384 g/mol. The van der Waals surface area contributed by atoms with E-state index in [1.165, 1.54) is 0 Å². The lowest BCUT2D eigenvalue weighted by Crippen LogP contribution is -2.33. The molecule has 1 aliphatic carbocycles. The first kappa shape index (κ1) is 17.9. The van der Waals surface area contributed by atoms with E-state index in [0.29, 0.717) is 33.9 Å². The van der Waals surface area contributed by atoms with E-state index in [4.69, 9.17) is 16.3 Å². The van der Waals surface area contributed by atoms with Gasteiger partial charge in [-0.05, 0) is 29.7 Å². The number of ether oxygens (including phenoxy) is 1. The molecule has 3 aromatic rings. The van der Waals surface area contributed by atoms with Gasteiger partial charge < -0.3 is 4.74 Å². The standard InChI is InChI=1S/C25H17ClO3/c26-17-12-10-16(11-13-17)21-20(14-15-6-2-1-3-7-15)25(28)29-24-19-9-5-4-8-18(19)23(27)22(21)24/h1-13,20-21H,14H2/t20-,21+/m0/s1. The van der Waals surface area contributed by atoms with Gasteiger partial charge in [0.25, 0.3) is 0 Å². The summed E-state index contributed by atoms with van der Waals surface area (Å²) in [5, 5.41) is 0.613. The van der Waals surface area contributed by atoms with E-state index in [1.807, 2.05) is 60.7 Å². The number of hydrogen-bond acceptors (Lipinski definition) is 3. The summed E-state index contributed by atoms with van der Waals surface area (Å²) in [5.41, 5.74) is 3.76. The third-order valence-corrected chi connectivity index (χ3v) is 5.90. The molecule has 0 radical (unpaired) electrons. The molecule has 142 valence electrons.